The summed E-state index contributed by atoms with van der Waals surface area (Å²) in [6, 6.07) is 5.78. The van der Waals surface area contributed by atoms with Crippen molar-refractivity contribution in [3.05, 3.63) is 35.9 Å². The lowest BCUT2D eigenvalue weighted by molar-refractivity contribution is -0.149. The molecule has 0 aliphatic carbocycles. The van der Waals surface area contributed by atoms with Crippen LogP contribution >= 0.6 is 0 Å². The number of nitrogens with two attached hydrogens (primary N) is 1. The Hall–Kier alpha value is -2.94. The van der Waals surface area contributed by atoms with Gasteiger partial charge in [0.25, 0.3) is 0 Å². The molecule has 1 heterocycles. The maximum Gasteiger partial charge on any atom is 0.326 e. The number of hydrogen-bond donors (Lipinski definition) is 4. The molecule has 0 aromatic heterocycles. The fourth-order valence-electron chi connectivity index (χ4n) is 4.41. The highest BCUT2D eigenvalue weighted by atomic mass is 16.4. The Kier molecular flexibility index (Phi) is 10.7. The lowest BCUT2D eigenvalue weighted by atomic mass is 9.99. The average Bonchev–Trinajstić information content (AvgIpc) is 3.28. The van der Waals surface area contributed by atoms with E-state index >= 15 is 0 Å². The van der Waals surface area contributed by atoms with Gasteiger partial charge < -0.3 is 26.4 Å². The van der Waals surface area contributed by atoms with E-state index in [9.17, 15) is 24.3 Å². The lowest BCUT2D eigenvalue weighted by Crippen LogP contribution is -2.58. The van der Waals surface area contributed by atoms with Crippen LogP contribution in [0.4, 0.5) is 0 Å². The number of carbonyl (C=O) groups is 4. The van der Waals surface area contributed by atoms with Gasteiger partial charge in [-0.25, -0.2) is 4.79 Å². The number of rotatable bonds is 12. The van der Waals surface area contributed by atoms with Gasteiger partial charge in [-0.05, 0) is 43.1 Å². The second kappa shape index (κ2) is 13.2. The number of hydrogen-bond acceptors (Lipinski definition) is 5. The summed E-state index contributed by atoms with van der Waals surface area (Å²) in [5, 5.41) is 15.1. The predicted octanol–water partition coefficient (Wildman–Crippen LogP) is 1.69. The van der Waals surface area contributed by atoms with Crippen LogP contribution in [0.5, 0.6) is 0 Å². The van der Waals surface area contributed by atoms with Crippen molar-refractivity contribution in [3.8, 4) is 0 Å². The molecule has 9 heteroatoms. The number of nitrogens with one attached hydrogen (secondary N) is 2. The minimum absolute atomic E-state index is 0.102. The van der Waals surface area contributed by atoms with Gasteiger partial charge in [-0.2, -0.15) is 0 Å². The molecule has 2 rings (SSSR count). The molecule has 0 spiro atoms. The van der Waals surface area contributed by atoms with Crippen LogP contribution in [0.2, 0.25) is 0 Å². The molecule has 1 aromatic rings. The first-order chi connectivity index (χ1) is 16.5. The molecule has 0 radical (unpaired) electrons. The van der Waals surface area contributed by atoms with Gasteiger partial charge in [-0.1, -0.05) is 58.0 Å². The summed E-state index contributed by atoms with van der Waals surface area (Å²) in [5.41, 5.74) is 6.85. The van der Waals surface area contributed by atoms with Crippen molar-refractivity contribution in [1.82, 2.24) is 15.5 Å². The fourth-order valence-corrected chi connectivity index (χ4v) is 4.41. The maximum atomic E-state index is 13.4. The van der Waals surface area contributed by atoms with Crippen molar-refractivity contribution < 1.29 is 24.3 Å². The molecule has 4 atom stereocenters. The third-order valence-corrected chi connectivity index (χ3v) is 6.12. The lowest BCUT2D eigenvalue weighted by Gasteiger charge is -2.29. The zero-order valence-corrected chi connectivity index (χ0v) is 21.2. The number of benzene rings is 1. The Morgan fingerprint density at radius 3 is 2.14 bits per heavy atom. The molecule has 0 saturated carbocycles. The molecule has 1 aliphatic heterocycles. The van der Waals surface area contributed by atoms with E-state index < -0.39 is 47.9 Å². The number of carbonyl (C=O) groups excluding carboxylic acids is 3. The monoisotopic (exact) mass is 488 g/mol. The molecule has 5 N–H and O–H groups in total. The summed E-state index contributed by atoms with van der Waals surface area (Å²) in [4.78, 5) is 52.4. The van der Waals surface area contributed by atoms with E-state index in [2.05, 4.69) is 10.6 Å². The molecule has 9 nitrogen and oxygen atoms in total. The highest BCUT2D eigenvalue weighted by Gasteiger charge is 2.38. The summed E-state index contributed by atoms with van der Waals surface area (Å²) < 4.78 is 0. The van der Waals surface area contributed by atoms with E-state index in [4.69, 9.17) is 5.73 Å². The minimum atomic E-state index is -1.05. The maximum absolute atomic E-state index is 13.4. The molecule has 0 bridgehead atoms. The van der Waals surface area contributed by atoms with Crippen LogP contribution in [0.15, 0.2) is 30.3 Å². The van der Waals surface area contributed by atoms with Gasteiger partial charge in [0.1, 0.15) is 18.1 Å². The van der Waals surface area contributed by atoms with Crippen molar-refractivity contribution >= 4 is 23.7 Å². The van der Waals surface area contributed by atoms with Gasteiger partial charge in [-0.3, -0.25) is 14.4 Å². The number of carboxylic acids is 1. The van der Waals surface area contributed by atoms with E-state index in [-0.39, 0.29) is 18.3 Å². The van der Waals surface area contributed by atoms with E-state index in [1.807, 2.05) is 58.0 Å². The summed E-state index contributed by atoms with van der Waals surface area (Å²) >= 11 is 0. The Balaban J connectivity index is 2.23. The second-order valence-electron chi connectivity index (χ2n) is 10.2. The summed E-state index contributed by atoms with van der Waals surface area (Å²) in [5.74, 6) is -2.04. The van der Waals surface area contributed by atoms with E-state index in [1.165, 1.54) is 4.90 Å². The first-order valence-corrected chi connectivity index (χ1v) is 12.4. The average molecular weight is 489 g/mol. The summed E-state index contributed by atoms with van der Waals surface area (Å²) in [7, 11) is 0. The van der Waals surface area contributed by atoms with Gasteiger partial charge in [0.15, 0.2) is 0 Å². The van der Waals surface area contributed by atoms with Crippen LogP contribution in [-0.2, 0) is 25.6 Å². The number of carboxylic acid groups (broad SMARTS) is 1. The molecule has 1 saturated heterocycles. The highest BCUT2D eigenvalue weighted by molar-refractivity contribution is 5.94. The predicted molar refractivity (Wildman–Crippen MR) is 133 cm³/mol. The second-order valence-corrected chi connectivity index (χ2v) is 10.2. The summed E-state index contributed by atoms with van der Waals surface area (Å²) in [6.45, 7) is 8.14. The first kappa shape index (κ1) is 28.3. The number of aliphatic carboxylic acids is 1. The topological polar surface area (TPSA) is 142 Å². The third-order valence-electron chi connectivity index (χ3n) is 6.12. The molecule has 194 valence electrons. The molecule has 1 aliphatic rings. The van der Waals surface area contributed by atoms with E-state index in [0.717, 1.165) is 5.56 Å². The molecule has 35 heavy (non-hydrogen) atoms. The Morgan fingerprint density at radius 1 is 0.971 bits per heavy atom. The quantitative estimate of drug-likeness (QED) is 0.353. The number of likely N-dealkylation sites (tertiary alicyclic amines) is 1. The minimum Gasteiger partial charge on any atom is -0.480 e. The molecular formula is C26H40N4O5. The Labute approximate surface area is 207 Å². The van der Waals surface area contributed by atoms with Crippen molar-refractivity contribution in [3.63, 3.8) is 0 Å². The van der Waals surface area contributed by atoms with Crippen molar-refractivity contribution in [2.75, 3.05) is 6.54 Å². The highest BCUT2D eigenvalue weighted by Crippen LogP contribution is 2.20. The Morgan fingerprint density at radius 2 is 1.57 bits per heavy atom. The third kappa shape index (κ3) is 8.65. The summed E-state index contributed by atoms with van der Waals surface area (Å²) in [6.07, 6.45) is 2.05. The largest absolute Gasteiger partial charge is 0.480 e. The van der Waals surface area contributed by atoms with Crippen molar-refractivity contribution in [2.45, 2.75) is 84.0 Å². The van der Waals surface area contributed by atoms with Crippen molar-refractivity contribution in [1.29, 1.82) is 0 Å². The van der Waals surface area contributed by atoms with Gasteiger partial charge >= 0.3 is 5.97 Å². The zero-order chi connectivity index (χ0) is 26.1. The SMILES string of the molecule is CC(C)CC(N)C(=O)NC(CC(C)C)C(=O)NC(Cc1ccccc1)C(=O)N1CCCC1C(=O)O. The number of nitrogens with zero attached hydrogens (tertiary/aromatic N) is 1. The fraction of sp³-hybridized carbons (Fsp3) is 0.615. The van der Waals surface area contributed by atoms with Gasteiger partial charge in [0, 0.05) is 13.0 Å². The van der Waals surface area contributed by atoms with Crippen molar-refractivity contribution in [2.24, 2.45) is 17.6 Å². The van der Waals surface area contributed by atoms with Crippen LogP contribution in [-0.4, -0.2) is 64.4 Å². The molecule has 4 unspecified atom stereocenters. The van der Waals surface area contributed by atoms with Gasteiger partial charge in [0.05, 0.1) is 6.04 Å². The molecule has 3 amide bonds. The van der Waals surface area contributed by atoms with Crippen LogP contribution in [0.3, 0.4) is 0 Å². The molecule has 1 aromatic carbocycles. The van der Waals surface area contributed by atoms with Gasteiger partial charge in [-0.15, -0.1) is 0 Å². The smallest absolute Gasteiger partial charge is 0.326 e. The first-order valence-electron chi connectivity index (χ1n) is 12.4. The van der Waals surface area contributed by atoms with Gasteiger partial charge in [0.2, 0.25) is 17.7 Å². The molecule has 1 fully saturated rings. The van der Waals surface area contributed by atoms with Crippen LogP contribution < -0.4 is 16.4 Å². The standard InChI is InChI=1S/C26H40N4O5/c1-16(2)13-19(27)23(31)28-20(14-17(3)4)24(32)29-21(15-18-9-6-5-7-10-18)25(33)30-12-8-11-22(30)26(34)35/h5-7,9-10,16-17,19-22H,8,11-15,27H2,1-4H3,(H,28,31)(H,29,32)(H,34,35). The molecular weight excluding hydrogens is 448 g/mol. The normalized spacial score (nSPS) is 18.3. The van der Waals surface area contributed by atoms with E-state index in [1.54, 1.807) is 0 Å². The van der Waals surface area contributed by atoms with Crippen LogP contribution in [0.1, 0.15) is 58.9 Å². The van der Waals surface area contributed by atoms with Crippen LogP contribution in [0.25, 0.3) is 0 Å². The zero-order valence-electron chi connectivity index (χ0n) is 21.2. The Bertz CT molecular complexity index is 874. The van der Waals surface area contributed by atoms with Crippen LogP contribution in [0, 0.1) is 11.8 Å². The number of amides is 3. The van der Waals surface area contributed by atoms with E-state index in [0.29, 0.717) is 32.2 Å².